The van der Waals surface area contributed by atoms with Crippen LogP contribution in [0, 0.1) is 5.92 Å². The van der Waals surface area contributed by atoms with Gasteiger partial charge in [0.1, 0.15) is 0 Å². The Morgan fingerprint density at radius 2 is 1.61 bits per heavy atom. The number of carboxylic acid groups (broad SMARTS) is 1. The molecule has 1 rings (SSSR count). The fraction of sp³-hybridized carbons (Fsp3) is 0.522. The predicted molar refractivity (Wildman–Crippen MR) is 126 cm³/mol. The van der Waals surface area contributed by atoms with Gasteiger partial charge in [-0.25, -0.2) is 0 Å². The largest absolute Gasteiger partial charge is 0.481 e. The molecule has 0 heterocycles. The van der Waals surface area contributed by atoms with Gasteiger partial charge in [0.2, 0.25) is 11.7 Å². The number of ketones is 2. The van der Waals surface area contributed by atoms with Crippen molar-refractivity contribution in [3.05, 3.63) is 35.9 Å². The molecule has 3 atom stereocenters. The number of unbranched alkanes of at least 4 members (excludes halogenated alkanes) is 1. The van der Waals surface area contributed by atoms with Crippen molar-refractivity contribution in [2.24, 2.45) is 11.7 Å². The lowest BCUT2D eigenvalue weighted by molar-refractivity contribution is -0.141. The molecule has 5 N–H and O–H groups in total. The Balaban J connectivity index is 0.0000102. The van der Waals surface area contributed by atoms with Gasteiger partial charge in [-0.1, -0.05) is 37.3 Å². The third-order valence-corrected chi connectivity index (χ3v) is 5.12. The van der Waals surface area contributed by atoms with Gasteiger partial charge >= 0.3 is 5.97 Å². The number of halogens is 1. The molecule has 184 valence electrons. The molecule has 0 bridgehead atoms. The van der Waals surface area contributed by atoms with Crippen molar-refractivity contribution in [1.82, 2.24) is 10.6 Å². The molecule has 1 aromatic rings. The van der Waals surface area contributed by atoms with Crippen LogP contribution in [0.25, 0.3) is 0 Å². The lowest BCUT2D eigenvalue weighted by Gasteiger charge is -2.21. The van der Waals surface area contributed by atoms with Crippen molar-refractivity contribution in [3.63, 3.8) is 0 Å². The van der Waals surface area contributed by atoms with E-state index in [4.69, 9.17) is 10.8 Å². The molecule has 0 saturated heterocycles. The first-order valence-corrected chi connectivity index (χ1v) is 10.8. The maximum absolute atomic E-state index is 12.8. The van der Waals surface area contributed by atoms with Crippen molar-refractivity contribution in [2.45, 2.75) is 64.5 Å². The van der Waals surface area contributed by atoms with Crippen LogP contribution in [-0.2, 0) is 30.4 Å². The molecule has 1 aromatic carbocycles. The summed E-state index contributed by atoms with van der Waals surface area (Å²) in [4.78, 5) is 60.6. The first-order chi connectivity index (χ1) is 15.1. The fourth-order valence-corrected chi connectivity index (χ4v) is 3.08. The number of carboxylic acids is 1. The second-order valence-electron chi connectivity index (χ2n) is 7.87. The molecule has 0 unspecified atom stereocenters. The van der Waals surface area contributed by atoms with E-state index in [0.29, 0.717) is 19.4 Å². The minimum absolute atomic E-state index is 0. The molecule has 0 aliphatic heterocycles. The number of nitrogens with two attached hydrogens (primary N) is 1. The molecule has 0 spiro atoms. The number of aliphatic carboxylic acids is 1. The highest BCUT2D eigenvalue weighted by molar-refractivity contribution is 6.38. The number of amides is 2. The van der Waals surface area contributed by atoms with E-state index in [1.54, 1.807) is 6.92 Å². The molecule has 0 aliphatic rings. The highest BCUT2D eigenvalue weighted by Gasteiger charge is 2.30. The van der Waals surface area contributed by atoms with Gasteiger partial charge in [0.25, 0.3) is 5.91 Å². The summed E-state index contributed by atoms with van der Waals surface area (Å²) in [7, 11) is 0. The number of hydrogen-bond donors (Lipinski definition) is 4. The van der Waals surface area contributed by atoms with Crippen molar-refractivity contribution < 1.29 is 29.1 Å². The molecule has 2 amide bonds. The second-order valence-corrected chi connectivity index (χ2v) is 7.87. The standard InChI is InChI=1S/C23H33N3O6.ClH/c1-15(11-12-20(28)29)22(31)25-18(10-6-7-13-24)21(30)23(32)26-19(16(2)27)14-17-8-4-3-5-9-17;/h3-5,8-9,15,18-19H,6-7,10-14,24H2,1-2H3,(H,25,31)(H,26,32)(H,28,29);1H/t15-,18-,19-;/m0./s1. The van der Waals surface area contributed by atoms with Gasteiger partial charge in [0.15, 0.2) is 5.78 Å². The summed E-state index contributed by atoms with van der Waals surface area (Å²) in [5.74, 6) is -4.24. The molecular weight excluding hydrogens is 450 g/mol. The number of rotatable bonds is 15. The van der Waals surface area contributed by atoms with Crippen LogP contribution >= 0.6 is 12.4 Å². The van der Waals surface area contributed by atoms with Gasteiger partial charge in [-0.3, -0.25) is 24.0 Å². The number of nitrogens with one attached hydrogen (secondary N) is 2. The summed E-state index contributed by atoms with van der Waals surface area (Å²) < 4.78 is 0. The molecule has 10 heteroatoms. The number of hydrogen-bond acceptors (Lipinski definition) is 6. The predicted octanol–water partition coefficient (Wildman–Crippen LogP) is 1.41. The zero-order chi connectivity index (χ0) is 24.1. The van der Waals surface area contributed by atoms with Crippen molar-refractivity contribution in [3.8, 4) is 0 Å². The van der Waals surface area contributed by atoms with Gasteiger partial charge in [-0.05, 0) is 51.1 Å². The van der Waals surface area contributed by atoms with E-state index in [2.05, 4.69) is 10.6 Å². The molecule has 9 nitrogen and oxygen atoms in total. The molecule has 33 heavy (non-hydrogen) atoms. The fourth-order valence-electron chi connectivity index (χ4n) is 3.08. The minimum atomic E-state index is -1.08. The van der Waals surface area contributed by atoms with E-state index >= 15 is 0 Å². The Hall–Kier alpha value is -2.78. The van der Waals surface area contributed by atoms with Gasteiger partial charge in [-0.15, -0.1) is 12.4 Å². The topological polar surface area (TPSA) is 156 Å². The van der Waals surface area contributed by atoms with Crippen LogP contribution in [0.4, 0.5) is 0 Å². The lowest BCUT2D eigenvalue weighted by atomic mass is 9.99. The monoisotopic (exact) mass is 483 g/mol. The number of benzene rings is 1. The van der Waals surface area contributed by atoms with Crippen LogP contribution in [0.1, 0.15) is 51.5 Å². The summed E-state index contributed by atoms with van der Waals surface area (Å²) in [6.07, 6.45) is 1.52. The SMILES string of the molecule is CC(=O)[C@H](Cc1ccccc1)NC(=O)C(=O)[C@H](CCCCN)NC(=O)[C@@H](C)CCC(=O)O.Cl. The minimum Gasteiger partial charge on any atom is -0.481 e. The molecule has 0 saturated carbocycles. The van der Waals surface area contributed by atoms with E-state index in [-0.39, 0.29) is 43.9 Å². The molecular formula is C23H34ClN3O6. The summed E-state index contributed by atoms with van der Waals surface area (Å²) in [6, 6.07) is 7.15. The van der Waals surface area contributed by atoms with E-state index in [9.17, 15) is 24.0 Å². The number of Topliss-reactive ketones (excluding diaryl/α,β-unsaturated/α-hetero) is 2. The average Bonchev–Trinajstić information content (AvgIpc) is 2.76. The molecule has 0 aliphatic carbocycles. The van der Waals surface area contributed by atoms with E-state index in [1.165, 1.54) is 6.92 Å². The second kappa shape index (κ2) is 15.9. The maximum Gasteiger partial charge on any atom is 0.303 e. The van der Waals surface area contributed by atoms with Crippen LogP contribution in [0.3, 0.4) is 0 Å². The zero-order valence-electron chi connectivity index (χ0n) is 19.0. The van der Waals surface area contributed by atoms with Gasteiger partial charge in [0, 0.05) is 12.3 Å². The molecule has 0 radical (unpaired) electrons. The maximum atomic E-state index is 12.8. The zero-order valence-corrected chi connectivity index (χ0v) is 19.9. The first kappa shape index (κ1) is 30.2. The van der Waals surface area contributed by atoms with Crippen molar-refractivity contribution in [2.75, 3.05) is 6.54 Å². The molecule has 0 aromatic heterocycles. The number of carbonyl (C=O) groups is 5. The Labute approximate surface area is 200 Å². The summed E-state index contributed by atoms with van der Waals surface area (Å²) in [6.45, 7) is 3.30. The lowest BCUT2D eigenvalue weighted by Crippen LogP contribution is -2.52. The van der Waals surface area contributed by atoms with Gasteiger partial charge < -0.3 is 21.5 Å². The molecule has 0 fully saturated rings. The van der Waals surface area contributed by atoms with Crippen LogP contribution < -0.4 is 16.4 Å². The number of carbonyl (C=O) groups excluding carboxylic acids is 4. The highest BCUT2D eigenvalue weighted by atomic mass is 35.5. The van der Waals surface area contributed by atoms with Gasteiger partial charge in [0.05, 0.1) is 12.1 Å². The Kier molecular flexibility index (Phi) is 14.6. The summed E-state index contributed by atoms with van der Waals surface area (Å²) in [5.41, 5.74) is 6.33. The average molecular weight is 484 g/mol. The first-order valence-electron chi connectivity index (χ1n) is 10.8. The third-order valence-electron chi connectivity index (χ3n) is 5.12. The Bertz CT molecular complexity index is 803. The third kappa shape index (κ3) is 11.6. The summed E-state index contributed by atoms with van der Waals surface area (Å²) in [5, 5.41) is 13.8. The van der Waals surface area contributed by atoms with E-state index in [1.807, 2.05) is 30.3 Å². The van der Waals surface area contributed by atoms with E-state index in [0.717, 1.165) is 5.56 Å². The normalized spacial score (nSPS) is 13.1. The Morgan fingerprint density at radius 3 is 2.15 bits per heavy atom. The Morgan fingerprint density at radius 1 is 0.970 bits per heavy atom. The van der Waals surface area contributed by atoms with Crippen molar-refractivity contribution >= 4 is 41.8 Å². The van der Waals surface area contributed by atoms with Crippen LogP contribution in [-0.4, -0.2) is 53.1 Å². The smallest absolute Gasteiger partial charge is 0.303 e. The summed E-state index contributed by atoms with van der Waals surface area (Å²) >= 11 is 0. The van der Waals surface area contributed by atoms with Crippen LogP contribution in [0.2, 0.25) is 0 Å². The van der Waals surface area contributed by atoms with Crippen molar-refractivity contribution in [1.29, 1.82) is 0 Å². The van der Waals surface area contributed by atoms with Crippen LogP contribution in [0.5, 0.6) is 0 Å². The van der Waals surface area contributed by atoms with Crippen LogP contribution in [0.15, 0.2) is 30.3 Å². The van der Waals surface area contributed by atoms with Gasteiger partial charge in [-0.2, -0.15) is 0 Å². The highest BCUT2D eigenvalue weighted by Crippen LogP contribution is 2.10. The quantitative estimate of drug-likeness (QED) is 0.217. The van der Waals surface area contributed by atoms with E-state index < -0.39 is 41.6 Å².